The van der Waals surface area contributed by atoms with Crippen molar-refractivity contribution in [2.24, 2.45) is 0 Å². The van der Waals surface area contributed by atoms with Crippen molar-refractivity contribution < 1.29 is 16.8 Å². The third-order valence-electron chi connectivity index (χ3n) is 7.75. The van der Waals surface area contributed by atoms with E-state index in [1.807, 2.05) is 48.5 Å². The van der Waals surface area contributed by atoms with Crippen molar-refractivity contribution in [3.8, 4) is 43.5 Å². The average Bonchev–Trinajstić information content (AvgIpc) is 3.46. The van der Waals surface area contributed by atoms with Crippen LogP contribution in [0.3, 0.4) is 0 Å². The van der Waals surface area contributed by atoms with Crippen molar-refractivity contribution in [2.75, 3.05) is 12.5 Å². The van der Waals surface area contributed by atoms with E-state index < -0.39 is 24.4 Å². The van der Waals surface area contributed by atoms with E-state index in [9.17, 15) is 16.8 Å². The first-order valence-corrected chi connectivity index (χ1v) is 18.2. The maximum atomic E-state index is 12.8. The molecular weight excluding hydrogens is 613 g/mol. The molecule has 3 aromatic carbocycles. The van der Waals surface area contributed by atoms with Crippen LogP contribution < -0.4 is 0 Å². The van der Waals surface area contributed by atoms with Gasteiger partial charge in [-0.1, -0.05) is 36.4 Å². The van der Waals surface area contributed by atoms with Gasteiger partial charge in [0.15, 0.2) is 19.7 Å². The molecule has 6 aromatic rings. The summed E-state index contributed by atoms with van der Waals surface area (Å²) in [6.45, 7) is 3.43. The molecule has 0 saturated carbocycles. The summed E-state index contributed by atoms with van der Waals surface area (Å²) in [7, 11) is -6.78. The molecule has 0 aliphatic heterocycles. The molecule has 222 valence electrons. The molecule has 0 aliphatic carbocycles. The lowest BCUT2D eigenvalue weighted by atomic mass is 9.92. The van der Waals surface area contributed by atoms with Crippen LogP contribution in [0.1, 0.15) is 19.4 Å². The predicted octanol–water partition coefficient (Wildman–Crippen LogP) is 6.83. The molecule has 44 heavy (non-hydrogen) atoms. The standard InChI is InChI=1S/C33H28N4O4S3/c1-33(2,44(4,40)41)25-18-23-9-6-15-35-29(23)27(19-25)22-7-5-8-24(17-22)31-30(21-10-12-26(13-11-21)43(3,38)39)37-32(42-31)28-14-16-34-20-36-28/h5-20H,1-4H3. The van der Waals surface area contributed by atoms with E-state index in [4.69, 9.17) is 4.98 Å². The minimum absolute atomic E-state index is 0.229. The maximum absolute atomic E-state index is 12.8. The predicted molar refractivity (Wildman–Crippen MR) is 176 cm³/mol. The summed E-state index contributed by atoms with van der Waals surface area (Å²) in [6, 6.07) is 24.1. The Balaban J connectivity index is 1.55. The first-order chi connectivity index (χ1) is 20.8. The van der Waals surface area contributed by atoms with Crippen LogP contribution in [0.4, 0.5) is 0 Å². The van der Waals surface area contributed by atoms with E-state index in [0.29, 0.717) is 22.0 Å². The zero-order valence-electron chi connectivity index (χ0n) is 24.4. The SMILES string of the molecule is CC(C)(c1cc(-c2cccc(-c3sc(-c4ccncn4)nc3-c3ccc(S(C)(=O)=O)cc3)c2)c2ncccc2c1)S(C)(=O)=O. The van der Waals surface area contributed by atoms with E-state index in [-0.39, 0.29) is 4.90 Å². The van der Waals surface area contributed by atoms with Crippen LogP contribution >= 0.6 is 11.3 Å². The second-order valence-electron chi connectivity index (χ2n) is 11.1. The number of benzene rings is 3. The summed E-state index contributed by atoms with van der Waals surface area (Å²) in [6.07, 6.45) is 7.30. The Labute approximate surface area is 260 Å². The van der Waals surface area contributed by atoms with Gasteiger partial charge in [0, 0.05) is 41.4 Å². The van der Waals surface area contributed by atoms with Crippen molar-refractivity contribution in [3.63, 3.8) is 0 Å². The minimum Gasteiger partial charge on any atom is -0.256 e. The van der Waals surface area contributed by atoms with Crippen LogP contribution in [0.25, 0.3) is 54.4 Å². The Kier molecular flexibility index (Phi) is 7.43. The lowest BCUT2D eigenvalue weighted by molar-refractivity contribution is 0.561. The molecule has 0 spiro atoms. The highest BCUT2D eigenvalue weighted by Gasteiger charge is 2.33. The molecule has 3 aromatic heterocycles. The number of rotatable bonds is 7. The Hall–Kier alpha value is -4.32. The van der Waals surface area contributed by atoms with Gasteiger partial charge in [0.05, 0.1) is 25.7 Å². The largest absolute Gasteiger partial charge is 0.256 e. The van der Waals surface area contributed by atoms with Gasteiger partial charge in [-0.25, -0.2) is 31.8 Å². The summed E-state index contributed by atoms with van der Waals surface area (Å²) in [5.74, 6) is 0. The van der Waals surface area contributed by atoms with Gasteiger partial charge in [-0.3, -0.25) is 4.98 Å². The summed E-state index contributed by atoms with van der Waals surface area (Å²) < 4.78 is 48.6. The zero-order valence-corrected chi connectivity index (χ0v) is 26.8. The molecule has 0 aliphatic rings. The second-order valence-corrected chi connectivity index (χ2v) is 16.6. The fourth-order valence-electron chi connectivity index (χ4n) is 4.90. The van der Waals surface area contributed by atoms with Crippen LogP contribution in [0, 0.1) is 0 Å². The van der Waals surface area contributed by atoms with Crippen LogP contribution in [-0.2, 0) is 24.4 Å². The van der Waals surface area contributed by atoms with E-state index in [0.717, 1.165) is 38.0 Å². The molecule has 0 saturated heterocycles. The maximum Gasteiger partial charge on any atom is 0.175 e. The Morgan fingerprint density at radius 3 is 2.18 bits per heavy atom. The number of thiazole rings is 1. The number of hydrogen-bond acceptors (Lipinski definition) is 9. The highest BCUT2D eigenvalue weighted by Crippen LogP contribution is 2.42. The highest BCUT2D eigenvalue weighted by molar-refractivity contribution is 7.91. The number of pyridine rings is 1. The van der Waals surface area contributed by atoms with Gasteiger partial charge < -0.3 is 0 Å². The number of sulfone groups is 2. The smallest absolute Gasteiger partial charge is 0.175 e. The van der Waals surface area contributed by atoms with Gasteiger partial charge in [0.25, 0.3) is 0 Å². The van der Waals surface area contributed by atoms with Gasteiger partial charge >= 0.3 is 0 Å². The molecule has 0 atom stereocenters. The van der Waals surface area contributed by atoms with Gasteiger partial charge in [-0.15, -0.1) is 11.3 Å². The molecule has 0 unspecified atom stereocenters. The lowest BCUT2D eigenvalue weighted by Gasteiger charge is -2.24. The van der Waals surface area contributed by atoms with Crippen LogP contribution in [-0.4, -0.2) is 49.3 Å². The summed E-state index contributed by atoms with van der Waals surface area (Å²) in [5.41, 5.74) is 6.14. The van der Waals surface area contributed by atoms with E-state index in [1.54, 1.807) is 56.6 Å². The van der Waals surface area contributed by atoms with Crippen molar-refractivity contribution in [1.29, 1.82) is 0 Å². The number of aromatic nitrogens is 4. The Bertz CT molecular complexity index is 2250. The van der Waals surface area contributed by atoms with E-state index in [1.165, 1.54) is 30.2 Å². The first-order valence-electron chi connectivity index (χ1n) is 13.6. The Morgan fingerprint density at radius 2 is 1.50 bits per heavy atom. The molecule has 0 bridgehead atoms. The fourth-order valence-corrected chi connectivity index (χ4v) is 7.14. The van der Waals surface area contributed by atoms with Crippen LogP contribution in [0.2, 0.25) is 0 Å². The number of hydrogen-bond donors (Lipinski definition) is 0. The summed E-state index contributed by atoms with van der Waals surface area (Å²) in [5, 5.41) is 1.54. The molecule has 6 rings (SSSR count). The monoisotopic (exact) mass is 640 g/mol. The van der Waals surface area contributed by atoms with Gasteiger partial charge in [-0.05, 0) is 73.0 Å². The van der Waals surface area contributed by atoms with Gasteiger partial charge in [0.1, 0.15) is 17.0 Å². The fraction of sp³-hybridized carbons (Fsp3) is 0.152. The van der Waals surface area contributed by atoms with Crippen LogP contribution in [0.15, 0.2) is 102 Å². The highest BCUT2D eigenvalue weighted by atomic mass is 32.2. The van der Waals surface area contributed by atoms with E-state index >= 15 is 0 Å². The van der Waals surface area contributed by atoms with Crippen LogP contribution in [0.5, 0.6) is 0 Å². The van der Waals surface area contributed by atoms with Crippen molar-refractivity contribution in [3.05, 3.63) is 103 Å². The molecule has 0 amide bonds. The first kappa shape index (κ1) is 29.7. The molecule has 8 nitrogen and oxygen atoms in total. The van der Waals surface area contributed by atoms with E-state index in [2.05, 4.69) is 15.0 Å². The number of nitrogens with zero attached hydrogens (tertiary/aromatic N) is 4. The topological polar surface area (TPSA) is 120 Å². The van der Waals surface area contributed by atoms with Gasteiger partial charge in [0.2, 0.25) is 0 Å². The molecule has 0 radical (unpaired) electrons. The van der Waals surface area contributed by atoms with Gasteiger partial charge in [-0.2, -0.15) is 0 Å². The van der Waals surface area contributed by atoms with Crippen molar-refractivity contribution >= 4 is 41.9 Å². The third-order valence-corrected chi connectivity index (χ3v) is 12.1. The average molecular weight is 641 g/mol. The van der Waals surface area contributed by atoms with Crippen molar-refractivity contribution in [2.45, 2.75) is 23.5 Å². The quantitative estimate of drug-likeness (QED) is 0.186. The lowest BCUT2D eigenvalue weighted by Crippen LogP contribution is -2.28. The molecule has 0 fully saturated rings. The van der Waals surface area contributed by atoms with Crippen molar-refractivity contribution in [1.82, 2.24) is 19.9 Å². The molecule has 11 heteroatoms. The molecule has 0 N–H and O–H groups in total. The molecule has 3 heterocycles. The summed E-state index contributed by atoms with van der Waals surface area (Å²) >= 11 is 1.47. The number of fused-ring (bicyclic) bond motifs is 1. The molecular formula is C33H28N4O4S3. The minimum atomic E-state index is -3.42. The zero-order chi connectivity index (χ0) is 31.3. The normalized spacial score (nSPS) is 12.5. The Morgan fingerprint density at radius 1 is 0.750 bits per heavy atom. The second kappa shape index (κ2) is 11.0. The summed E-state index contributed by atoms with van der Waals surface area (Å²) in [4.78, 5) is 19.1. The third kappa shape index (κ3) is 5.54.